The molecule has 0 bridgehead atoms. The molecule has 0 spiro atoms. The number of aromatic carboxylic acids is 1. The molecule has 6 nitrogen and oxygen atoms in total. The summed E-state index contributed by atoms with van der Waals surface area (Å²) in [5, 5.41) is 16.8. The van der Waals surface area contributed by atoms with Gasteiger partial charge in [0.15, 0.2) is 0 Å². The number of methoxy groups -OCH3 is 1. The molecule has 6 heteroatoms. The normalized spacial score (nSPS) is 10.1. The molecule has 1 heterocycles. The number of benzene rings is 1. The zero-order valence-electron chi connectivity index (χ0n) is 8.49. The fraction of sp³-hybridized carbons (Fsp3) is 0.100. The lowest BCUT2D eigenvalue weighted by atomic mass is 10.1. The number of nitrogens with zero attached hydrogens (tertiary/aromatic N) is 3. The summed E-state index contributed by atoms with van der Waals surface area (Å²) < 4.78 is 4.96. The van der Waals surface area contributed by atoms with Gasteiger partial charge in [0, 0.05) is 0 Å². The highest BCUT2D eigenvalue weighted by atomic mass is 16.5. The maximum Gasteiger partial charge on any atom is 0.338 e. The Balaban J connectivity index is 2.57. The van der Waals surface area contributed by atoms with E-state index in [0.29, 0.717) is 11.4 Å². The molecular weight excluding hydrogens is 210 g/mol. The van der Waals surface area contributed by atoms with Gasteiger partial charge in [-0.15, -0.1) is 0 Å². The molecule has 2 rings (SSSR count). The van der Waals surface area contributed by atoms with E-state index in [1.165, 1.54) is 30.4 Å². The van der Waals surface area contributed by atoms with Crippen molar-refractivity contribution in [2.45, 2.75) is 0 Å². The Hall–Kier alpha value is -2.37. The second-order valence-corrected chi connectivity index (χ2v) is 3.01. The molecule has 0 saturated carbocycles. The van der Waals surface area contributed by atoms with Gasteiger partial charge in [0.1, 0.15) is 11.4 Å². The minimum Gasteiger partial charge on any atom is -0.497 e. The minimum atomic E-state index is -1.05. The number of aromatic nitrogens is 3. The van der Waals surface area contributed by atoms with Crippen LogP contribution in [0.3, 0.4) is 0 Å². The van der Waals surface area contributed by atoms with E-state index in [1.807, 2.05) is 0 Å². The monoisotopic (exact) mass is 219 g/mol. The summed E-state index contributed by atoms with van der Waals surface area (Å²) in [5.74, 6) is -0.570. The van der Waals surface area contributed by atoms with Crippen molar-refractivity contribution in [1.29, 1.82) is 0 Å². The van der Waals surface area contributed by atoms with Crippen LogP contribution in [0.2, 0.25) is 0 Å². The molecule has 0 aliphatic rings. The van der Waals surface area contributed by atoms with Gasteiger partial charge in [0.25, 0.3) is 0 Å². The van der Waals surface area contributed by atoms with Crippen LogP contribution in [0.5, 0.6) is 5.75 Å². The van der Waals surface area contributed by atoms with E-state index in [0.717, 1.165) is 0 Å². The first-order valence-electron chi connectivity index (χ1n) is 4.50. The van der Waals surface area contributed by atoms with Gasteiger partial charge in [-0.05, 0) is 18.2 Å². The van der Waals surface area contributed by atoms with E-state index < -0.39 is 5.97 Å². The average molecular weight is 219 g/mol. The van der Waals surface area contributed by atoms with Gasteiger partial charge in [0.2, 0.25) is 0 Å². The Bertz CT molecular complexity index is 508. The predicted octanol–water partition coefficient (Wildman–Crippen LogP) is 0.974. The Kier molecular flexibility index (Phi) is 2.55. The van der Waals surface area contributed by atoms with Crippen molar-refractivity contribution in [2.75, 3.05) is 7.11 Å². The van der Waals surface area contributed by atoms with Crippen molar-refractivity contribution in [1.82, 2.24) is 15.0 Å². The fourth-order valence-electron chi connectivity index (χ4n) is 1.33. The summed E-state index contributed by atoms with van der Waals surface area (Å²) in [6.07, 6.45) is 2.96. The standard InChI is InChI=1S/C10H9N3O3/c1-16-7-2-3-9(8(6-7)10(14)15)13-11-4-5-12-13/h2-6H,1H3,(H,14,15). The van der Waals surface area contributed by atoms with Gasteiger partial charge in [0.05, 0.1) is 25.1 Å². The van der Waals surface area contributed by atoms with Crippen molar-refractivity contribution in [3.05, 3.63) is 36.2 Å². The van der Waals surface area contributed by atoms with Crippen LogP contribution >= 0.6 is 0 Å². The highest BCUT2D eigenvalue weighted by molar-refractivity contribution is 5.92. The quantitative estimate of drug-likeness (QED) is 0.832. The summed E-state index contributed by atoms with van der Waals surface area (Å²) in [6, 6.07) is 4.69. The first-order valence-corrected chi connectivity index (χ1v) is 4.50. The molecule has 0 atom stereocenters. The number of carboxylic acids is 1. The highest BCUT2D eigenvalue weighted by Gasteiger charge is 2.13. The third-order valence-electron chi connectivity index (χ3n) is 2.07. The fourth-order valence-corrected chi connectivity index (χ4v) is 1.33. The van der Waals surface area contributed by atoms with Gasteiger partial charge < -0.3 is 9.84 Å². The van der Waals surface area contributed by atoms with Crippen molar-refractivity contribution in [2.24, 2.45) is 0 Å². The number of carbonyl (C=O) groups is 1. The first kappa shape index (κ1) is 10.2. The SMILES string of the molecule is COc1ccc(-n2nccn2)c(C(=O)O)c1. The minimum absolute atomic E-state index is 0.0931. The molecule has 2 aromatic rings. The largest absolute Gasteiger partial charge is 0.497 e. The highest BCUT2D eigenvalue weighted by Crippen LogP contribution is 2.19. The third-order valence-corrected chi connectivity index (χ3v) is 2.07. The first-order chi connectivity index (χ1) is 7.72. The Morgan fingerprint density at radius 1 is 1.38 bits per heavy atom. The molecule has 82 valence electrons. The van der Waals surface area contributed by atoms with Crippen molar-refractivity contribution >= 4 is 5.97 Å². The molecule has 0 fully saturated rings. The molecule has 16 heavy (non-hydrogen) atoms. The average Bonchev–Trinajstić information content (AvgIpc) is 2.81. The predicted molar refractivity (Wildman–Crippen MR) is 54.9 cm³/mol. The number of hydrogen-bond acceptors (Lipinski definition) is 4. The van der Waals surface area contributed by atoms with Crippen LogP contribution in [0.4, 0.5) is 0 Å². The molecule has 0 unspecified atom stereocenters. The summed E-state index contributed by atoms with van der Waals surface area (Å²) in [7, 11) is 1.48. The van der Waals surface area contributed by atoms with Crippen LogP contribution in [0, 0.1) is 0 Å². The summed E-state index contributed by atoms with van der Waals surface area (Å²) >= 11 is 0. The van der Waals surface area contributed by atoms with Crippen LogP contribution in [0.25, 0.3) is 5.69 Å². The molecule has 1 aromatic carbocycles. The number of hydrogen-bond donors (Lipinski definition) is 1. The maximum absolute atomic E-state index is 11.1. The zero-order chi connectivity index (χ0) is 11.5. The zero-order valence-corrected chi connectivity index (χ0v) is 8.49. The van der Waals surface area contributed by atoms with E-state index in [-0.39, 0.29) is 5.56 Å². The summed E-state index contributed by atoms with van der Waals surface area (Å²) in [6.45, 7) is 0. The van der Waals surface area contributed by atoms with E-state index in [1.54, 1.807) is 12.1 Å². The molecule has 0 aliphatic heterocycles. The molecule has 0 aliphatic carbocycles. The molecule has 0 saturated heterocycles. The van der Waals surface area contributed by atoms with Crippen LogP contribution in [-0.2, 0) is 0 Å². The lowest BCUT2D eigenvalue weighted by Crippen LogP contribution is -2.08. The molecular formula is C10H9N3O3. The van der Waals surface area contributed by atoms with Crippen molar-refractivity contribution in [3.8, 4) is 11.4 Å². The number of ether oxygens (including phenoxy) is 1. The van der Waals surface area contributed by atoms with Crippen LogP contribution in [-0.4, -0.2) is 33.2 Å². The summed E-state index contributed by atoms with van der Waals surface area (Å²) in [4.78, 5) is 12.3. The third kappa shape index (κ3) is 1.72. The summed E-state index contributed by atoms with van der Waals surface area (Å²) in [5.41, 5.74) is 0.494. The number of rotatable bonds is 3. The Labute approximate surface area is 91.1 Å². The van der Waals surface area contributed by atoms with Gasteiger partial charge in [-0.1, -0.05) is 0 Å². The topological polar surface area (TPSA) is 77.2 Å². The lowest BCUT2D eigenvalue weighted by molar-refractivity contribution is 0.0696. The van der Waals surface area contributed by atoms with E-state index in [4.69, 9.17) is 9.84 Å². The Morgan fingerprint density at radius 3 is 2.62 bits per heavy atom. The van der Waals surface area contributed by atoms with Gasteiger partial charge >= 0.3 is 5.97 Å². The van der Waals surface area contributed by atoms with Crippen molar-refractivity contribution < 1.29 is 14.6 Å². The van der Waals surface area contributed by atoms with Gasteiger partial charge in [-0.25, -0.2) is 4.79 Å². The van der Waals surface area contributed by atoms with E-state index in [2.05, 4.69) is 10.2 Å². The van der Waals surface area contributed by atoms with Gasteiger partial charge in [-0.2, -0.15) is 15.0 Å². The second-order valence-electron chi connectivity index (χ2n) is 3.01. The van der Waals surface area contributed by atoms with Crippen LogP contribution in [0.1, 0.15) is 10.4 Å². The molecule has 0 radical (unpaired) electrons. The van der Waals surface area contributed by atoms with Crippen molar-refractivity contribution in [3.63, 3.8) is 0 Å². The van der Waals surface area contributed by atoms with Gasteiger partial charge in [-0.3, -0.25) is 0 Å². The smallest absolute Gasteiger partial charge is 0.338 e. The maximum atomic E-state index is 11.1. The van der Waals surface area contributed by atoms with E-state index in [9.17, 15) is 4.79 Å². The molecule has 1 aromatic heterocycles. The Morgan fingerprint density at radius 2 is 2.06 bits per heavy atom. The van der Waals surface area contributed by atoms with Crippen LogP contribution in [0.15, 0.2) is 30.6 Å². The second kappa shape index (κ2) is 4.01. The lowest BCUT2D eigenvalue weighted by Gasteiger charge is -2.06. The number of carboxylic acid groups (broad SMARTS) is 1. The molecule has 1 N–H and O–H groups in total. The van der Waals surface area contributed by atoms with E-state index >= 15 is 0 Å². The molecule has 0 amide bonds. The van der Waals surface area contributed by atoms with Crippen LogP contribution < -0.4 is 4.74 Å².